The van der Waals surface area contributed by atoms with Gasteiger partial charge in [0, 0.05) is 31.2 Å². The molecule has 200 valence electrons. The molecule has 6 nitrogen and oxygen atoms in total. The highest BCUT2D eigenvalue weighted by atomic mass is 35.5. The van der Waals surface area contributed by atoms with Gasteiger partial charge in [-0.2, -0.15) is 0 Å². The number of likely N-dealkylation sites (tertiary alicyclic amines) is 1. The molecule has 0 atom stereocenters. The van der Waals surface area contributed by atoms with Crippen LogP contribution in [-0.2, 0) is 22.7 Å². The molecule has 4 rings (SSSR count). The molecule has 3 aromatic rings. The fourth-order valence-corrected chi connectivity index (χ4v) is 5.09. The Morgan fingerprint density at radius 1 is 0.947 bits per heavy atom. The summed E-state index contributed by atoms with van der Waals surface area (Å²) in [5, 5.41) is 0.816. The fourth-order valence-electron chi connectivity index (χ4n) is 4.60. The summed E-state index contributed by atoms with van der Waals surface area (Å²) in [4.78, 5) is 29.9. The number of amides is 2. The molecule has 0 bridgehead atoms. The average molecular weight is 556 g/mol. The summed E-state index contributed by atoms with van der Waals surface area (Å²) in [6, 6.07) is 22.4. The third kappa shape index (κ3) is 7.73. The largest absolute Gasteiger partial charge is 0.497 e. The molecule has 1 aliphatic heterocycles. The van der Waals surface area contributed by atoms with Crippen molar-refractivity contribution in [2.24, 2.45) is 5.92 Å². The lowest BCUT2D eigenvalue weighted by molar-refractivity contribution is -0.138. The molecule has 0 radical (unpaired) electrons. The van der Waals surface area contributed by atoms with Gasteiger partial charge in [0.05, 0.1) is 24.3 Å². The zero-order chi connectivity index (χ0) is 26.9. The predicted molar refractivity (Wildman–Crippen MR) is 150 cm³/mol. The molecule has 0 saturated carbocycles. The topological polar surface area (TPSA) is 59.1 Å². The van der Waals surface area contributed by atoms with E-state index in [1.54, 1.807) is 25.3 Å². The lowest BCUT2D eigenvalue weighted by Gasteiger charge is -2.35. The maximum atomic E-state index is 13.6. The van der Waals surface area contributed by atoms with Crippen LogP contribution in [0.2, 0.25) is 10.0 Å². The molecule has 0 unspecified atom stereocenters. The fraction of sp³-hybridized carbons (Fsp3) is 0.333. The zero-order valence-electron chi connectivity index (χ0n) is 21.4. The Kier molecular flexibility index (Phi) is 10.0. The SMILES string of the molecule is COc1ccc(CN(CC2CCN(C(=O)COCc3ccccc3)CC2)C(=O)c2ccc(Cl)cc2Cl)cc1. The standard InChI is InChI=1S/C30H32Cl2N2O4/c1-37-26-10-7-22(8-11-26)18-34(30(36)27-12-9-25(31)17-28(27)32)19-23-13-15-33(16-14-23)29(35)21-38-20-24-5-3-2-4-6-24/h2-12,17,23H,13-16,18-21H2,1H3. The summed E-state index contributed by atoms with van der Waals surface area (Å²) in [5.74, 6) is 0.878. The van der Waals surface area contributed by atoms with E-state index in [9.17, 15) is 9.59 Å². The van der Waals surface area contributed by atoms with Crippen LogP contribution in [0.1, 0.15) is 34.3 Å². The smallest absolute Gasteiger partial charge is 0.255 e. The van der Waals surface area contributed by atoms with E-state index in [-0.39, 0.29) is 24.3 Å². The Hall–Kier alpha value is -3.06. The molecule has 38 heavy (non-hydrogen) atoms. The van der Waals surface area contributed by atoms with E-state index in [4.69, 9.17) is 32.7 Å². The number of hydrogen-bond donors (Lipinski definition) is 0. The number of carbonyl (C=O) groups is 2. The third-order valence-corrected chi connectivity index (χ3v) is 7.31. The molecule has 0 N–H and O–H groups in total. The summed E-state index contributed by atoms with van der Waals surface area (Å²) in [7, 11) is 1.62. The Morgan fingerprint density at radius 3 is 2.32 bits per heavy atom. The Morgan fingerprint density at radius 2 is 1.66 bits per heavy atom. The van der Waals surface area contributed by atoms with Gasteiger partial charge in [0.2, 0.25) is 5.91 Å². The Bertz CT molecular complexity index is 1210. The normalized spacial score (nSPS) is 13.8. The van der Waals surface area contributed by atoms with E-state index >= 15 is 0 Å². The highest BCUT2D eigenvalue weighted by Crippen LogP contribution is 2.26. The van der Waals surface area contributed by atoms with Crippen LogP contribution in [0.15, 0.2) is 72.8 Å². The van der Waals surface area contributed by atoms with Crippen molar-refractivity contribution in [1.29, 1.82) is 0 Å². The van der Waals surface area contributed by atoms with E-state index in [1.807, 2.05) is 64.4 Å². The number of rotatable bonds is 10. The number of hydrogen-bond acceptors (Lipinski definition) is 4. The van der Waals surface area contributed by atoms with Gasteiger partial charge >= 0.3 is 0 Å². The summed E-state index contributed by atoms with van der Waals surface area (Å²) in [6.45, 7) is 2.77. The van der Waals surface area contributed by atoms with Gasteiger partial charge in [-0.1, -0.05) is 65.7 Å². The minimum Gasteiger partial charge on any atom is -0.497 e. The third-order valence-electron chi connectivity index (χ3n) is 6.76. The van der Waals surface area contributed by atoms with Crippen molar-refractivity contribution in [3.63, 3.8) is 0 Å². The molecule has 1 fully saturated rings. The first-order valence-corrected chi connectivity index (χ1v) is 13.4. The molecule has 0 aromatic heterocycles. The van der Waals surface area contributed by atoms with Gasteiger partial charge in [0.15, 0.2) is 0 Å². The maximum absolute atomic E-state index is 13.6. The second-order valence-corrected chi connectivity index (χ2v) is 10.3. The minimum atomic E-state index is -0.143. The van der Waals surface area contributed by atoms with Crippen LogP contribution in [0.25, 0.3) is 0 Å². The van der Waals surface area contributed by atoms with Crippen LogP contribution < -0.4 is 4.74 Å². The van der Waals surface area contributed by atoms with Gasteiger partial charge in [0.25, 0.3) is 5.91 Å². The molecule has 1 heterocycles. The van der Waals surface area contributed by atoms with Gasteiger partial charge in [-0.15, -0.1) is 0 Å². The second kappa shape index (κ2) is 13.7. The number of piperidine rings is 1. The quantitative estimate of drug-likeness (QED) is 0.304. The first kappa shape index (κ1) is 28.0. The van der Waals surface area contributed by atoms with Gasteiger partial charge < -0.3 is 19.3 Å². The number of benzene rings is 3. The van der Waals surface area contributed by atoms with Gasteiger partial charge in [0.1, 0.15) is 12.4 Å². The summed E-state index contributed by atoms with van der Waals surface area (Å²) >= 11 is 12.4. The van der Waals surface area contributed by atoms with Crippen molar-refractivity contribution in [3.8, 4) is 5.75 Å². The monoisotopic (exact) mass is 554 g/mol. The highest BCUT2D eigenvalue weighted by Gasteiger charge is 2.27. The van der Waals surface area contributed by atoms with Crippen molar-refractivity contribution in [3.05, 3.63) is 99.5 Å². The zero-order valence-corrected chi connectivity index (χ0v) is 23.0. The van der Waals surface area contributed by atoms with Crippen molar-refractivity contribution < 1.29 is 19.1 Å². The summed E-state index contributed by atoms with van der Waals surface area (Å²) in [5.41, 5.74) is 2.46. The van der Waals surface area contributed by atoms with Crippen molar-refractivity contribution in [2.75, 3.05) is 33.4 Å². The van der Waals surface area contributed by atoms with E-state index in [0.29, 0.717) is 48.4 Å². The first-order valence-electron chi connectivity index (χ1n) is 12.7. The Labute approximate surface area is 234 Å². The molecule has 8 heteroatoms. The van der Waals surface area contributed by atoms with Crippen LogP contribution in [0.3, 0.4) is 0 Å². The highest BCUT2D eigenvalue weighted by molar-refractivity contribution is 6.36. The van der Waals surface area contributed by atoms with Crippen LogP contribution >= 0.6 is 23.2 Å². The second-order valence-electron chi connectivity index (χ2n) is 9.46. The average Bonchev–Trinajstić information content (AvgIpc) is 2.93. The number of methoxy groups -OCH3 is 1. The molecule has 1 aliphatic rings. The summed E-state index contributed by atoms with van der Waals surface area (Å²) < 4.78 is 10.9. The predicted octanol–water partition coefficient (Wildman–Crippen LogP) is 6.10. The van der Waals surface area contributed by atoms with Crippen LogP contribution in [0, 0.1) is 5.92 Å². The molecule has 0 aliphatic carbocycles. The van der Waals surface area contributed by atoms with Gasteiger partial charge in [-0.25, -0.2) is 0 Å². The van der Waals surface area contributed by atoms with Crippen molar-refractivity contribution >= 4 is 35.0 Å². The number of ether oxygens (including phenoxy) is 2. The van der Waals surface area contributed by atoms with E-state index < -0.39 is 0 Å². The van der Waals surface area contributed by atoms with Crippen molar-refractivity contribution in [1.82, 2.24) is 9.80 Å². The lowest BCUT2D eigenvalue weighted by atomic mass is 9.95. The van der Waals surface area contributed by atoms with E-state index in [1.165, 1.54) is 0 Å². The summed E-state index contributed by atoms with van der Waals surface area (Å²) in [6.07, 6.45) is 1.62. The molecular formula is C30H32Cl2N2O4. The first-order chi connectivity index (χ1) is 18.4. The molecular weight excluding hydrogens is 523 g/mol. The number of nitrogens with zero attached hydrogens (tertiary/aromatic N) is 2. The lowest BCUT2D eigenvalue weighted by Crippen LogP contribution is -2.44. The molecule has 2 amide bonds. The molecule has 0 spiro atoms. The van der Waals surface area contributed by atoms with E-state index in [0.717, 1.165) is 29.7 Å². The van der Waals surface area contributed by atoms with Crippen molar-refractivity contribution in [2.45, 2.75) is 26.0 Å². The number of carbonyl (C=O) groups excluding carboxylic acids is 2. The Balaban J connectivity index is 1.36. The van der Waals surface area contributed by atoms with Gasteiger partial charge in [-0.05, 0) is 60.2 Å². The van der Waals surface area contributed by atoms with Crippen LogP contribution in [-0.4, -0.2) is 55.0 Å². The van der Waals surface area contributed by atoms with Crippen LogP contribution in [0.4, 0.5) is 0 Å². The molecule has 3 aromatic carbocycles. The minimum absolute atomic E-state index is 0.00140. The van der Waals surface area contributed by atoms with Crippen LogP contribution in [0.5, 0.6) is 5.75 Å². The maximum Gasteiger partial charge on any atom is 0.255 e. The van der Waals surface area contributed by atoms with Gasteiger partial charge in [-0.3, -0.25) is 9.59 Å². The molecule has 1 saturated heterocycles. The number of halogens is 2. The van der Waals surface area contributed by atoms with E-state index in [2.05, 4.69) is 0 Å².